The molecule has 0 fully saturated rings. The first-order chi connectivity index (χ1) is 6.69. The fourth-order valence-corrected chi connectivity index (χ4v) is 1.25. The van der Waals surface area contributed by atoms with Crippen molar-refractivity contribution in [2.45, 2.75) is 13.3 Å². The summed E-state index contributed by atoms with van der Waals surface area (Å²) in [5, 5.41) is 15.3. The molecule has 5 heteroatoms. The predicted octanol–water partition coefficient (Wildman–Crippen LogP) is -0.295. The minimum atomic E-state index is -0.177. The number of aliphatic hydroxyl groups is 1. The summed E-state index contributed by atoms with van der Waals surface area (Å²) < 4.78 is 1.62. The minimum absolute atomic E-state index is 0.0482. The van der Waals surface area contributed by atoms with Gasteiger partial charge in [-0.15, -0.1) is 0 Å². The van der Waals surface area contributed by atoms with Crippen molar-refractivity contribution in [2.24, 2.45) is 7.05 Å². The fraction of sp³-hybridized carbons (Fsp3) is 0.556. The molecular weight excluding hydrogens is 182 g/mol. The smallest absolute Gasteiger partial charge is 0.254 e. The summed E-state index contributed by atoms with van der Waals surface area (Å²) in [6.45, 7) is 2.18. The summed E-state index contributed by atoms with van der Waals surface area (Å²) in [5.41, 5.74) is 1.37. The van der Waals surface area contributed by atoms with Gasteiger partial charge in [-0.3, -0.25) is 9.48 Å². The monoisotopic (exact) mass is 197 g/mol. The van der Waals surface area contributed by atoms with Gasteiger partial charge in [0.1, 0.15) is 0 Å². The largest absolute Gasteiger partial charge is 0.395 e. The Morgan fingerprint density at radius 3 is 3.00 bits per heavy atom. The van der Waals surface area contributed by atoms with Crippen LogP contribution < -0.4 is 5.32 Å². The average molecular weight is 197 g/mol. The molecule has 1 heterocycles. The first-order valence-electron chi connectivity index (χ1n) is 4.60. The third-order valence-electron chi connectivity index (χ3n) is 1.88. The van der Waals surface area contributed by atoms with E-state index in [0.717, 1.165) is 12.1 Å². The summed E-state index contributed by atoms with van der Waals surface area (Å²) in [7, 11) is 1.78. The normalized spacial score (nSPS) is 10.2. The lowest BCUT2D eigenvalue weighted by Gasteiger charge is -2.01. The van der Waals surface area contributed by atoms with Gasteiger partial charge in [0.15, 0.2) is 0 Å². The quantitative estimate of drug-likeness (QED) is 0.696. The Bertz CT molecular complexity index is 320. The van der Waals surface area contributed by atoms with E-state index in [-0.39, 0.29) is 19.1 Å². The van der Waals surface area contributed by atoms with Gasteiger partial charge in [-0.2, -0.15) is 5.10 Å². The molecule has 14 heavy (non-hydrogen) atoms. The van der Waals surface area contributed by atoms with Crippen LogP contribution in [-0.2, 0) is 13.5 Å². The maximum atomic E-state index is 11.5. The molecule has 0 aliphatic rings. The average Bonchev–Trinajstić information content (AvgIpc) is 2.56. The first kappa shape index (κ1) is 10.7. The Balaban J connectivity index is 2.77. The number of carbonyl (C=O) groups is 1. The lowest BCUT2D eigenvalue weighted by atomic mass is 10.2. The molecule has 0 radical (unpaired) electrons. The number of aryl methyl sites for hydroxylation is 2. The van der Waals surface area contributed by atoms with Crippen LogP contribution in [0.25, 0.3) is 0 Å². The van der Waals surface area contributed by atoms with E-state index in [1.807, 2.05) is 6.92 Å². The van der Waals surface area contributed by atoms with Crippen LogP contribution in [-0.4, -0.2) is 33.9 Å². The van der Waals surface area contributed by atoms with E-state index in [4.69, 9.17) is 5.11 Å². The molecule has 78 valence electrons. The van der Waals surface area contributed by atoms with Crippen molar-refractivity contribution in [1.82, 2.24) is 15.1 Å². The van der Waals surface area contributed by atoms with E-state index in [1.165, 1.54) is 0 Å². The van der Waals surface area contributed by atoms with Crippen LogP contribution >= 0.6 is 0 Å². The van der Waals surface area contributed by atoms with E-state index in [1.54, 1.807) is 17.9 Å². The van der Waals surface area contributed by atoms with Crippen LogP contribution in [0.5, 0.6) is 0 Å². The van der Waals surface area contributed by atoms with E-state index in [2.05, 4.69) is 10.4 Å². The van der Waals surface area contributed by atoms with Gasteiger partial charge in [0.2, 0.25) is 0 Å². The van der Waals surface area contributed by atoms with Crippen molar-refractivity contribution in [1.29, 1.82) is 0 Å². The molecule has 0 spiro atoms. The molecule has 1 aromatic heterocycles. The second kappa shape index (κ2) is 4.76. The number of aromatic nitrogens is 2. The minimum Gasteiger partial charge on any atom is -0.395 e. The van der Waals surface area contributed by atoms with Crippen LogP contribution in [0, 0.1) is 0 Å². The molecule has 0 bridgehead atoms. The number of rotatable bonds is 4. The molecule has 0 saturated heterocycles. The number of nitrogens with zero attached hydrogens (tertiary/aromatic N) is 2. The van der Waals surface area contributed by atoms with Crippen molar-refractivity contribution in [3.63, 3.8) is 0 Å². The van der Waals surface area contributed by atoms with Gasteiger partial charge in [0, 0.05) is 19.8 Å². The summed E-state index contributed by atoms with van der Waals surface area (Å²) >= 11 is 0. The SMILES string of the molecule is CCc1nn(C)cc1C(=O)NCCO. The maximum absolute atomic E-state index is 11.5. The third-order valence-corrected chi connectivity index (χ3v) is 1.88. The lowest BCUT2D eigenvalue weighted by molar-refractivity contribution is 0.0944. The zero-order valence-corrected chi connectivity index (χ0v) is 8.45. The van der Waals surface area contributed by atoms with Crippen molar-refractivity contribution in [3.05, 3.63) is 17.5 Å². The zero-order valence-electron chi connectivity index (χ0n) is 8.45. The summed E-state index contributed by atoms with van der Waals surface area (Å²) in [6, 6.07) is 0. The second-order valence-corrected chi connectivity index (χ2v) is 3.00. The Labute approximate surface area is 82.7 Å². The maximum Gasteiger partial charge on any atom is 0.254 e. The highest BCUT2D eigenvalue weighted by atomic mass is 16.3. The molecule has 0 saturated carbocycles. The van der Waals surface area contributed by atoms with Crippen molar-refractivity contribution >= 4 is 5.91 Å². The Hall–Kier alpha value is -1.36. The molecule has 1 amide bonds. The van der Waals surface area contributed by atoms with Gasteiger partial charge in [0.05, 0.1) is 17.9 Å². The van der Waals surface area contributed by atoms with Gasteiger partial charge >= 0.3 is 0 Å². The third kappa shape index (κ3) is 2.32. The molecule has 2 N–H and O–H groups in total. The van der Waals surface area contributed by atoms with E-state index >= 15 is 0 Å². The Morgan fingerprint density at radius 1 is 1.71 bits per heavy atom. The van der Waals surface area contributed by atoms with Crippen LogP contribution in [0.1, 0.15) is 23.0 Å². The van der Waals surface area contributed by atoms with Gasteiger partial charge in [-0.05, 0) is 6.42 Å². The second-order valence-electron chi connectivity index (χ2n) is 3.00. The highest BCUT2D eigenvalue weighted by Gasteiger charge is 2.12. The van der Waals surface area contributed by atoms with E-state index < -0.39 is 0 Å². The van der Waals surface area contributed by atoms with E-state index in [0.29, 0.717) is 5.56 Å². The number of aliphatic hydroxyl groups excluding tert-OH is 1. The van der Waals surface area contributed by atoms with Crippen LogP contribution in [0.15, 0.2) is 6.20 Å². The Kier molecular flexibility index (Phi) is 3.64. The summed E-state index contributed by atoms with van der Waals surface area (Å²) in [4.78, 5) is 11.5. The molecule has 0 atom stereocenters. The molecule has 1 rings (SSSR count). The summed E-state index contributed by atoms with van der Waals surface area (Å²) in [6.07, 6.45) is 2.41. The topological polar surface area (TPSA) is 67.2 Å². The molecule has 0 aromatic carbocycles. The summed E-state index contributed by atoms with van der Waals surface area (Å²) in [5.74, 6) is -0.177. The fourth-order valence-electron chi connectivity index (χ4n) is 1.25. The molecule has 0 aliphatic carbocycles. The standard InChI is InChI=1S/C9H15N3O2/c1-3-8-7(6-12(2)11-8)9(14)10-4-5-13/h6,13H,3-5H2,1-2H3,(H,10,14). The molecule has 0 unspecified atom stereocenters. The number of hydrogen-bond acceptors (Lipinski definition) is 3. The number of nitrogens with one attached hydrogen (secondary N) is 1. The van der Waals surface area contributed by atoms with Gasteiger partial charge in [-0.25, -0.2) is 0 Å². The van der Waals surface area contributed by atoms with Crippen molar-refractivity contribution in [3.8, 4) is 0 Å². The number of hydrogen-bond donors (Lipinski definition) is 2. The molecular formula is C9H15N3O2. The highest BCUT2D eigenvalue weighted by molar-refractivity contribution is 5.95. The van der Waals surface area contributed by atoms with Gasteiger partial charge in [0.25, 0.3) is 5.91 Å². The van der Waals surface area contributed by atoms with Crippen molar-refractivity contribution < 1.29 is 9.90 Å². The molecule has 0 aliphatic heterocycles. The first-order valence-corrected chi connectivity index (χ1v) is 4.60. The molecule has 1 aromatic rings. The Morgan fingerprint density at radius 2 is 2.43 bits per heavy atom. The van der Waals surface area contributed by atoms with E-state index in [9.17, 15) is 4.79 Å². The number of carbonyl (C=O) groups excluding carboxylic acids is 1. The van der Waals surface area contributed by atoms with Crippen LogP contribution in [0.2, 0.25) is 0 Å². The lowest BCUT2D eigenvalue weighted by Crippen LogP contribution is -2.26. The highest BCUT2D eigenvalue weighted by Crippen LogP contribution is 2.06. The zero-order chi connectivity index (χ0) is 10.6. The van der Waals surface area contributed by atoms with Crippen LogP contribution in [0.3, 0.4) is 0 Å². The predicted molar refractivity (Wildman–Crippen MR) is 52.0 cm³/mol. The van der Waals surface area contributed by atoms with Gasteiger partial charge in [-0.1, -0.05) is 6.92 Å². The van der Waals surface area contributed by atoms with Crippen LogP contribution in [0.4, 0.5) is 0 Å². The number of amides is 1. The molecule has 5 nitrogen and oxygen atoms in total. The van der Waals surface area contributed by atoms with Gasteiger partial charge < -0.3 is 10.4 Å². The van der Waals surface area contributed by atoms with Crippen molar-refractivity contribution in [2.75, 3.05) is 13.2 Å².